The van der Waals surface area contributed by atoms with Gasteiger partial charge in [0.25, 0.3) is 0 Å². The van der Waals surface area contributed by atoms with E-state index in [0.717, 1.165) is 17.6 Å². The molecule has 0 amide bonds. The highest BCUT2D eigenvalue weighted by atomic mass is 16.3. The molecule has 0 saturated carbocycles. The minimum absolute atomic E-state index is 0.898. The van der Waals surface area contributed by atoms with Gasteiger partial charge in [0.2, 0.25) is 0 Å². The molecule has 0 aliphatic carbocycles. The van der Waals surface area contributed by atoms with E-state index in [9.17, 15) is 0 Å². The lowest BCUT2D eigenvalue weighted by Gasteiger charge is -1.95. The van der Waals surface area contributed by atoms with Gasteiger partial charge in [0.05, 0.1) is 0 Å². The molecule has 0 radical (unpaired) electrons. The van der Waals surface area contributed by atoms with E-state index in [-0.39, 0.29) is 0 Å². The zero-order valence-corrected chi connectivity index (χ0v) is 8.94. The zero-order chi connectivity index (χ0) is 11.0. The summed E-state index contributed by atoms with van der Waals surface area (Å²) in [6.45, 7) is 3.76. The monoisotopic (exact) mass is 208 g/mol. The van der Waals surface area contributed by atoms with Crippen molar-refractivity contribution < 1.29 is 4.42 Å². The van der Waals surface area contributed by atoms with Gasteiger partial charge in [-0.15, -0.1) is 6.58 Å². The van der Waals surface area contributed by atoms with Gasteiger partial charge < -0.3 is 4.42 Å². The van der Waals surface area contributed by atoms with Crippen LogP contribution in [0.5, 0.6) is 0 Å². The molecule has 0 aliphatic heterocycles. The van der Waals surface area contributed by atoms with E-state index in [1.165, 1.54) is 16.3 Å². The third kappa shape index (κ3) is 1.33. The van der Waals surface area contributed by atoms with Crippen LogP contribution >= 0.6 is 0 Å². The Morgan fingerprint density at radius 2 is 1.81 bits per heavy atom. The molecule has 1 heteroatoms. The Labute approximate surface area is 94.0 Å². The summed E-state index contributed by atoms with van der Waals surface area (Å²) < 4.78 is 5.76. The molecule has 0 atom stereocenters. The average Bonchev–Trinajstić information content (AvgIpc) is 2.68. The maximum atomic E-state index is 5.76. The molecule has 3 aromatic rings. The fourth-order valence-corrected chi connectivity index (χ4v) is 2.07. The SMILES string of the molecule is C=CCc1ccc2oc3ccccc3c2c1. The van der Waals surface area contributed by atoms with E-state index >= 15 is 0 Å². The van der Waals surface area contributed by atoms with E-state index < -0.39 is 0 Å². The number of fused-ring (bicyclic) bond motifs is 3. The summed E-state index contributed by atoms with van der Waals surface area (Å²) in [7, 11) is 0. The molecule has 3 rings (SSSR count). The van der Waals surface area contributed by atoms with Gasteiger partial charge in [-0.05, 0) is 30.2 Å². The number of furan rings is 1. The van der Waals surface area contributed by atoms with Crippen molar-refractivity contribution in [1.29, 1.82) is 0 Å². The second kappa shape index (κ2) is 3.53. The largest absolute Gasteiger partial charge is 0.456 e. The van der Waals surface area contributed by atoms with Gasteiger partial charge in [-0.2, -0.15) is 0 Å². The quantitative estimate of drug-likeness (QED) is 0.572. The van der Waals surface area contributed by atoms with Crippen molar-refractivity contribution in [3.05, 3.63) is 60.7 Å². The van der Waals surface area contributed by atoms with Crippen LogP contribution in [-0.2, 0) is 6.42 Å². The maximum Gasteiger partial charge on any atom is 0.135 e. The highest BCUT2D eigenvalue weighted by molar-refractivity contribution is 6.04. The molecule has 0 spiro atoms. The van der Waals surface area contributed by atoms with Crippen molar-refractivity contribution in [2.45, 2.75) is 6.42 Å². The van der Waals surface area contributed by atoms with E-state index in [1.54, 1.807) is 0 Å². The van der Waals surface area contributed by atoms with Crippen LogP contribution in [0, 0.1) is 0 Å². The van der Waals surface area contributed by atoms with E-state index in [2.05, 4.69) is 24.8 Å². The van der Waals surface area contributed by atoms with Crippen molar-refractivity contribution in [2.24, 2.45) is 0 Å². The Morgan fingerprint density at radius 1 is 1.00 bits per heavy atom. The minimum atomic E-state index is 0.898. The van der Waals surface area contributed by atoms with Crippen LogP contribution in [0.25, 0.3) is 21.9 Å². The van der Waals surface area contributed by atoms with Crippen molar-refractivity contribution in [3.63, 3.8) is 0 Å². The number of rotatable bonds is 2. The molecule has 0 fully saturated rings. The Balaban J connectivity index is 2.35. The van der Waals surface area contributed by atoms with Gasteiger partial charge in [0.15, 0.2) is 0 Å². The minimum Gasteiger partial charge on any atom is -0.456 e. The Morgan fingerprint density at radius 3 is 2.69 bits per heavy atom. The first kappa shape index (κ1) is 9.22. The summed E-state index contributed by atoms with van der Waals surface area (Å²) in [6.07, 6.45) is 2.82. The zero-order valence-electron chi connectivity index (χ0n) is 8.94. The Hall–Kier alpha value is -2.02. The van der Waals surface area contributed by atoms with E-state index in [4.69, 9.17) is 4.42 Å². The van der Waals surface area contributed by atoms with E-state index in [1.807, 2.05) is 30.3 Å². The summed E-state index contributed by atoms with van der Waals surface area (Å²) in [5, 5.41) is 2.37. The predicted octanol–water partition coefficient (Wildman–Crippen LogP) is 4.31. The summed E-state index contributed by atoms with van der Waals surface area (Å²) in [5.41, 5.74) is 3.18. The van der Waals surface area contributed by atoms with Crippen molar-refractivity contribution in [2.75, 3.05) is 0 Å². The number of hydrogen-bond acceptors (Lipinski definition) is 1. The molecule has 1 nitrogen and oxygen atoms in total. The molecule has 2 aromatic carbocycles. The second-order valence-corrected chi connectivity index (χ2v) is 3.92. The molecule has 0 N–H and O–H groups in total. The lowest BCUT2D eigenvalue weighted by molar-refractivity contribution is 0.669. The first-order valence-electron chi connectivity index (χ1n) is 5.39. The highest BCUT2D eigenvalue weighted by Gasteiger charge is 2.05. The van der Waals surface area contributed by atoms with Gasteiger partial charge in [-0.25, -0.2) is 0 Å². The van der Waals surface area contributed by atoms with Gasteiger partial charge >= 0.3 is 0 Å². The summed E-state index contributed by atoms with van der Waals surface area (Å²) in [4.78, 5) is 0. The van der Waals surface area contributed by atoms with Gasteiger partial charge in [0.1, 0.15) is 11.2 Å². The molecule has 0 bridgehead atoms. The van der Waals surface area contributed by atoms with Gasteiger partial charge in [-0.1, -0.05) is 30.3 Å². The lowest BCUT2D eigenvalue weighted by Crippen LogP contribution is -1.78. The van der Waals surface area contributed by atoms with Gasteiger partial charge in [0, 0.05) is 10.8 Å². The molecule has 78 valence electrons. The Kier molecular flexibility index (Phi) is 2.03. The number of hydrogen-bond donors (Lipinski definition) is 0. The number of benzene rings is 2. The molecular formula is C15H12O. The molecule has 0 unspecified atom stereocenters. The number of para-hydroxylation sites is 1. The van der Waals surface area contributed by atoms with Crippen LogP contribution in [0.4, 0.5) is 0 Å². The van der Waals surface area contributed by atoms with Crippen LogP contribution in [-0.4, -0.2) is 0 Å². The fraction of sp³-hybridized carbons (Fsp3) is 0.0667. The molecule has 1 heterocycles. The molecule has 0 saturated heterocycles. The van der Waals surface area contributed by atoms with Crippen LogP contribution in [0.1, 0.15) is 5.56 Å². The molecular weight excluding hydrogens is 196 g/mol. The highest BCUT2D eigenvalue weighted by Crippen LogP contribution is 2.29. The fourth-order valence-electron chi connectivity index (χ4n) is 2.07. The van der Waals surface area contributed by atoms with Crippen molar-refractivity contribution in [1.82, 2.24) is 0 Å². The first-order valence-corrected chi connectivity index (χ1v) is 5.39. The standard InChI is InChI=1S/C15H12O/c1-2-5-11-8-9-15-13(10-11)12-6-3-4-7-14(12)16-15/h2-4,6-10H,1,5H2. The van der Waals surface area contributed by atoms with Crippen LogP contribution < -0.4 is 0 Å². The first-order chi connectivity index (χ1) is 7.88. The van der Waals surface area contributed by atoms with Crippen LogP contribution in [0.3, 0.4) is 0 Å². The Bertz CT molecular complexity index is 661. The van der Waals surface area contributed by atoms with Crippen molar-refractivity contribution in [3.8, 4) is 0 Å². The summed E-state index contributed by atoms with van der Waals surface area (Å²) in [5.74, 6) is 0. The summed E-state index contributed by atoms with van der Waals surface area (Å²) >= 11 is 0. The molecule has 16 heavy (non-hydrogen) atoms. The lowest BCUT2D eigenvalue weighted by atomic mass is 10.1. The third-order valence-corrected chi connectivity index (χ3v) is 2.82. The van der Waals surface area contributed by atoms with E-state index in [0.29, 0.717) is 0 Å². The molecule has 1 aromatic heterocycles. The third-order valence-electron chi connectivity index (χ3n) is 2.82. The van der Waals surface area contributed by atoms with Crippen LogP contribution in [0.15, 0.2) is 59.5 Å². The van der Waals surface area contributed by atoms with Crippen LogP contribution in [0.2, 0.25) is 0 Å². The smallest absolute Gasteiger partial charge is 0.135 e. The topological polar surface area (TPSA) is 13.1 Å². The molecule has 0 aliphatic rings. The average molecular weight is 208 g/mol. The van der Waals surface area contributed by atoms with Crippen molar-refractivity contribution >= 4 is 21.9 Å². The second-order valence-electron chi connectivity index (χ2n) is 3.92. The number of allylic oxidation sites excluding steroid dienone is 1. The van der Waals surface area contributed by atoms with Gasteiger partial charge in [-0.3, -0.25) is 0 Å². The normalized spacial score (nSPS) is 11.0. The summed E-state index contributed by atoms with van der Waals surface area (Å²) in [6, 6.07) is 14.4. The maximum absolute atomic E-state index is 5.76. The predicted molar refractivity (Wildman–Crippen MR) is 67.6 cm³/mol.